The van der Waals surface area contributed by atoms with Gasteiger partial charge >= 0.3 is 0 Å². The molecule has 0 atom stereocenters. The molecule has 0 saturated carbocycles. The molecule has 4 heteroatoms. The lowest BCUT2D eigenvalue weighted by molar-refractivity contribution is 0.341. The van der Waals surface area contributed by atoms with Gasteiger partial charge in [0.05, 0.1) is 0 Å². The molecule has 1 rings (SSSR count). The van der Waals surface area contributed by atoms with Crippen LogP contribution in [0.5, 0.6) is 5.75 Å². The number of hydrogen-bond donors (Lipinski definition) is 1. The molecule has 0 unspecified atom stereocenters. The van der Waals surface area contributed by atoms with E-state index in [0.29, 0.717) is 5.69 Å². The van der Waals surface area contributed by atoms with Crippen molar-refractivity contribution in [3.8, 4) is 5.75 Å². The Hall–Kier alpha value is -1.22. The second-order valence-corrected chi connectivity index (χ2v) is 3.06. The van der Waals surface area contributed by atoms with E-state index in [2.05, 4.69) is 0 Å². The zero-order valence-corrected chi connectivity index (χ0v) is 8.51. The normalized spacial score (nSPS) is 10.8. The monoisotopic (exact) mass is 215 g/mol. The van der Waals surface area contributed by atoms with E-state index in [9.17, 15) is 4.39 Å². The van der Waals surface area contributed by atoms with Gasteiger partial charge in [0, 0.05) is 17.3 Å². The zero-order valence-electron chi connectivity index (χ0n) is 7.76. The van der Waals surface area contributed by atoms with E-state index in [0.717, 1.165) is 5.56 Å². The molecule has 0 amide bonds. The van der Waals surface area contributed by atoms with Crippen molar-refractivity contribution in [2.24, 2.45) is 0 Å². The van der Waals surface area contributed by atoms with Gasteiger partial charge in [-0.1, -0.05) is 11.6 Å². The van der Waals surface area contributed by atoms with Crippen molar-refractivity contribution >= 4 is 17.3 Å². The molecule has 0 radical (unpaired) electrons. The van der Waals surface area contributed by atoms with Gasteiger partial charge in [-0.05, 0) is 24.6 Å². The summed E-state index contributed by atoms with van der Waals surface area (Å²) in [4.78, 5) is 0. The van der Waals surface area contributed by atoms with Gasteiger partial charge in [0.15, 0.2) is 11.6 Å². The van der Waals surface area contributed by atoms with Crippen molar-refractivity contribution in [3.63, 3.8) is 0 Å². The molecule has 1 aromatic rings. The van der Waals surface area contributed by atoms with Crippen LogP contribution in [0.15, 0.2) is 23.7 Å². The highest BCUT2D eigenvalue weighted by Gasteiger charge is 2.05. The molecule has 0 spiro atoms. The number of rotatable bonds is 3. The highest BCUT2D eigenvalue weighted by Crippen LogP contribution is 2.23. The molecular formula is C10H11ClFNO. The van der Waals surface area contributed by atoms with Gasteiger partial charge in [-0.2, -0.15) is 0 Å². The van der Waals surface area contributed by atoms with Crippen molar-refractivity contribution in [1.82, 2.24) is 0 Å². The van der Waals surface area contributed by atoms with Gasteiger partial charge in [0.1, 0.15) is 6.61 Å². The summed E-state index contributed by atoms with van der Waals surface area (Å²) in [5.41, 5.74) is 8.04. The van der Waals surface area contributed by atoms with E-state index in [1.54, 1.807) is 19.1 Å². The second kappa shape index (κ2) is 4.86. The Labute approximate surface area is 87.1 Å². The van der Waals surface area contributed by atoms with E-state index in [-0.39, 0.29) is 12.4 Å². The third kappa shape index (κ3) is 2.64. The molecule has 2 nitrogen and oxygen atoms in total. The third-order valence-corrected chi connectivity index (χ3v) is 1.92. The van der Waals surface area contributed by atoms with Crippen molar-refractivity contribution in [3.05, 3.63) is 35.1 Å². The molecule has 0 fully saturated rings. The fourth-order valence-corrected chi connectivity index (χ4v) is 1.03. The minimum Gasteiger partial charge on any atom is -0.486 e. The van der Waals surface area contributed by atoms with Crippen LogP contribution in [-0.2, 0) is 0 Å². The first kappa shape index (κ1) is 10.9. The Balaban J connectivity index is 2.81. The lowest BCUT2D eigenvalue weighted by atomic mass is 10.2. The number of benzene rings is 1. The van der Waals surface area contributed by atoms with Crippen molar-refractivity contribution in [2.75, 3.05) is 12.3 Å². The van der Waals surface area contributed by atoms with E-state index < -0.39 is 5.82 Å². The number of halogens is 2. The first-order valence-electron chi connectivity index (χ1n) is 4.08. The quantitative estimate of drug-likeness (QED) is 0.787. The van der Waals surface area contributed by atoms with Gasteiger partial charge in [0.2, 0.25) is 0 Å². The fraction of sp³-hybridized carbons (Fsp3) is 0.200. The van der Waals surface area contributed by atoms with Gasteiger partial charge in [-0.3, -0.25) is 0 Å². The minimum absolute atomic E-state index is 0.187. The number of anilines is 1. The topological polar surface area (TPSA) is 35.2 Å². The maximum atomic E-state index is 13.2. The van der Waals surface area contributed by atoms with Gasteiger partial charge in [-0.25, -0.2) is 4.39 Å². The molecule has 76 valence electrons. The number of ether oxygens (including phenoxy) is 1. The highest BCUT2D eigenvalue weighted by molar-refractivity contribution is 6.25. The lowest BCUT2D eigenvalue weighted by Crippen LogP contribution is -1.98. The standard InChI is InChI=1S/C10H11ClFNO/c1-7-5-10(14-4-2-3-11)8(12)6-9(7)13/h2-3,5-6H,4,13H2,1H3/b3-2+. The van der Waals surface area contributed by atoms with Crippen LogP contribution in [0.25, 0.3) is 0 Å². The number of hydrogen-bond acceptors (Lipinski definition) is 2. The van der Waals surface area contributed by atoms with Crippen LogP contribution in [0.2, 0.25) is 0 Å². The summed E-state index contributed by atoms with van der Waals surface area (Å²) in [6.07, 6.45) is 1.58. The summed E-state index contributed by atoms with van der Waals surface area (Å²) in [7, 11) is 0. The molecule has 0 saturated heterocycles. The van der Waals surface area contributed by atoms with E-state index >= 15 is 0 Å². The van der Waals surface area contributed by atoms with E-state index in [1.165, 1.54) is 11.6 Å². The van der Waals surface area contributed by atoms with Crippen LogP contribution in [0.3, 0.4) is 0 Å². The summed E-state index contributed by atoms with van der Waals surface area (Å²) in [6, 6.07) is 2.81. The van der Waals surface area contributed by atoms with Crippen LogP contribution < -0.4 is 10.5 Å². The molecule has 0 heterocycles. The smallest absolute Gasteiger partial charge is 0.167 e. The van der Waals surface area contributed by atoms with Gasteiger partial charge in [0.25, 0.3) is 0 Å². The third-order valence-electron chi connectivity index (χ3n) is 1.74. The van der Waals surface area contributed by atoms with Gasteiger partial charge in [-0.15, -0.1) is 0 Å². The molecule has 0 aliphatic rings. The van der Waals surface area contributed by atoms with Crippen LogP contribution >= 0.6 is 11.6 Å². The van der Waals surface area contributed by atoms with Crippen LogP contribution in [0.4, 0.5) is 10.1 Å². The fourth-order valence-electron chi connectivity index (χ4n) is 0.955. The van der Waals surface area contributed by atoms with Crippen molar-refractivity contribution in [1.29, 1.82) is 0 Å². The van der Waals surface area contributed by atoms with Crippen molar-refractivity contribution in [2.45, 2.75) is 6.92 Å². The molecule has 14 heavy (non-hydrogen) atoms. The van der Waals surface area contributed by atoms with Crippen LogP contribution in [-0.4, -0.2) is 6.61 Å². The summed E-state index contributed by atoms with van der Waals surface area (Å²) >= 11 is 5.29. The lowest BCUT2D eigenvalue weighted by Gasteiger charge is -2.07. The molecule has 0 aliphatic carbocycles. The highest BCUT2D eigenvalue weighted by atomic mass is 35.5. The van der Waals surface area contributed by atoms with Crippen molar-refractivity contribution < 1.29 is 9.13 Å². The molecule has 0 bridgehead atoms. The minimum atomic E-state index is -0.462. The Morgan fingerprint density at radius 1 is 1.57 bits per heavy atom. The molecule has 0 aliphatic heterocycles. The predicted molar refractivity (Wildman–Crippen MR) is 56.0 cm³/mol. The number of nitrogens with two attached hydrogens (primary N) is 1. The number of nitrogen functional groups attached to an aromatic ring is 1. The molecule has 2 N–H and O–H groups in total. The SMILES string of the molecule is Cc1cc(OC/C=C/Cl)c(F)cc1N. The molecular weight excluding hydrogens is 205 g/mol. The average Bonchev–Trinajstić information content (AvgIpc) is 2.14. The summed E-state index contributed by atoms with van der Waals surface area (Å²) in [5, 5.41) is 0. The average molecular weight is 216 g/mol. The molecule has 1 aromatic carbocycles. The first-order chi connectivity index (χ1) is 6.65. The largest absolute Gasteiger partial charge is 0.486 e. The van der Waals surface area contributed by atoms with Gasteiger partial charge < -0.3 is 10.5 Å². The summed E-state index contributed by atoms with van der Waals surface area (Å²) in [6.45, 7) is 2.03. The Morgan fingerprint density at radius 3 is 2.93 bits per heavy atom. The summed E-state index contributed by atoms with van der Waals surface area (Å²) in [5.74, 6) is -0.275. The zero-order chi connectivity index (χ0) is 10.6. The van der Waals surface area contributed by atoms with E-state index in [4.69, 9.17) is 22.1 Å². The van der Waals surface area contributed by atoms with E-state index in [1.807, 2.05) is 0 Å². The Bertz CT molecular complexity index is 352. The summed E-state index contributed by atoms with van der Waals surface area (Å²) < 4.78 is 18.3. The maximum Gasteiger partial charge on any atom is 0.167 e. The number of aryl methyl sites for hydroxylation is 1. The predicted octanol–water partition coefficient (Wildman–Crippen LogP) is 2.85. The Kier molecular flexibility index (Phi) is 3.77. The van der Waals surface area contributed by atoms with Crippen LogP contribution in [0.1, 0.15) is 5.56 Å². The molecule has 0 aromatic heterocycles. The van der Waals surface area contributed by atoms with Crippen LogP contribution in [0, 0.1) is 12.7 Å². The second-order valence-electron chi connectivity index (χ2n) is 2.81. The first-order valence-corrected chi connectivity index (χ1v) is 4.52. The maximum absolute atomic E-state index is 13.2. The Morgan fingerprint density at radius 2 is 2.29 bits per heavy atom.